The van der Waals surface area contributed by atoms with Gasteiger partial charge in [0.2, 0.25) is 5.91 Å². The molecule has 4 aromatic rings. The number of anilines is 1. The lowest BCUT2D eigenvalue weighted by molar-refractivity contribution is -0.118. The number of benzene rings is 3. The number of amides is 4. The Bertz CT molecular complexity index is 1950. The van der Waals surface area contributed by atoms with Crippen LogP contribution in [0.2, 0.25) is 0 Å². The molecule has 0 spiro atoms. The average molecular weight is 571 g/mol. The molecule has 10 heteroatoms. The number of urea groups is 1. The van der Waals surface area contributed by atoms with Crippen molar-refractivity contribution in [3.8, 4) is 11.1 Å². The van der Waals surface area contributed by atoms with Crippen LogP contribution >= 0.6 is 11.6 Å². The number of H-pyrrole nitrogens is 1. The third-order valence-electron chi connectivity index (χ3n) is 7.59. The van der Waals surface area contributed by atoms with Gasteiger partial charge in [-0.2, -0.15) is 4.99 Å². The minimum atomic E-state index is -1.14. The summed E-state index contributed by atoms with van der Waals surface area (Å²) in [6.45, 7) is 4.98. The highest BCUT2D eigenvalue weighted by atomic mass is 35.5. The van der Waals surface area contributed by atoms with Crippen molar-refractivity contribution in [1.82, 2.24) is 4.98 Å². The Kier molecular flexibility index (Phi) is 5.99. The highest BCUT2D eigenvalue weighted by Gasteiger charge is 2.39. The molecule has 206 valence electrons. The molecule has 3 aromatic carbocycles. The second-order valence-corrected chi connectivity index (χ2v) is 11.0. The molecule has 0 fully saturated rings. The summed E-state index contributed by atoms with van der Waals surface area (Å²) in [5.41, 5.74) is 7.42. The van der Waals surface area contributed by atoms with E-state index in [0.717, 1.165) is 11.0 Å². The SMILES string of the molecule is Cc1c(-c2c(F)cc(C(N)=O)c3[nH]c4cc(C(C)(C)O)ccc4c23)cccc1N1C(=O)N=C2C(Cl)=CC=CC2C1=O. The number of halogens is 2. The van der Waals surface area contributed by atoms with E-state index in [1.807, 2.05) is 0 Å². The van der Waals surface area contributed by atoms with E-state index >= 15 is 4.39 Å². The molecule has 1 atom stereocenters. The van der Waals surface area contributed by atoms with Crippen LogP contribution in [-0.2, 0) is 10.4 Å². The molecule has 1 aliphatic carbocycles. The van der Waals surface area contributed by atoms with Crippen molar-refractivity contribution in [2.75, 3.05) is 4.90 Å². The molecule has 6 rings (SSSR count). The summed E-state index contributed by atoms with van der Waals surface area (Å²) < 4.78 is 16.0. The van der Waals surface area contributed by atoms with E-state index in [-0.39, 0.29) is 27.6 Å². The van der Waals surface area contributed by atoms with Gasteiger partial charge in [-0.05, 0) is 61.7 Å². The lowest BCUT2D eigenvalue weighted by Crippen LogP contribution is -2.47. The van der Waals surface area contributed by atoms with Crippen LogP contribution in [0.1, 0.15) is 35.3 Å². The van der Waals surface area contributed by atoms with Gasteiger partial charge in [-0.1, -0.05) is 48.0 Å². The number of imide groups is 1. The number of nitrogens with two attached hydrogens (primary N) is 1. The number of aromatic amines is 1. The van der Waals surface area contributed by atoms with Crippen LogP contribution < -0.4 is 10.6 Å². The highest BCUT2D eigenvalue weighted by Crippen LogP contribution is 2.43. The first kappa shape index (κ1) is 26.6. The molecule has 4 N–H and O–H groups in total. The van der Waals surface area contributed by atoms with Crippen LogP contribution in [-0.4, -0.2) is 33.6 Å². The standard InChI is InChI=1S/C31H24ClFN4O4/c1-14-16(6-5-9-23(14)37-29(39)18-7-4-8-20(32)26(18)36-30(37)40)24-21(33)13-19(28(34)38)27-25(24)17-11-10-15(31(2,3)41)12-22(17)35-27/h4-13,18,35,41H,1-3H3,(H2,34,38). The monoisotopic (exact) mass is 570 g/mol. The number of aliphatic hydroxyl groups is 1. The summed E-state index contributed by atoms with van der Waals surface area (Å²) in [7, 11) is 0. The second kappa shape index (κ2) is 9.22. The van der Waals surface area contributed by atoms with Crippen LogP contribution in [0.4, 0.5) is 14.9 Å². The maximum atomic E-state index is 16.0. The number of primary amides is 1. The number of carbonyl (C=O) groups excluding carboxylic acids is 3. The third-order valence-corrected chi connectivity index (χ3v) is 7.91. The fourth-order valence-electron chi connectivity index (χ4n) is 5.53. The summed E-state index contributed by atoms with van der Waals surface area (Å²) in [6, 6.07) is 10.4. The Balaban J connectivity index is 1.60. The predicted molar refractivity (Wildman–Crippen MR) is 157 cm³/mol. The van der Waals surface area contributed by atoms with E-state index < -0.39 is 35.2 Å². The van der Waals surface area contributed by atoms with Crippen LogP contribution in [0.25, 0.3) is 32.9 Å². The maximum absolute atomic E-state index is 16.0. The number of aliphatic imine (C=N–C) groups is 1. The number of rotatable bonds is 4. The quantitative estimate of drug-likeness (QED) is 0.279. The van der Waals surface area contributed by atoms with E-state index in [1.165, 1.54) is 0 Å². The summed E-state index contributed by atoms with van der Waals surface area (Å²) in [5, 5.41) is 11.8. The van der Waals surface area contributed by atoms with E-state index in [4.69, 9.17) is 17.3 Å². The van der Waals surface area contributed by atoms with E-state index in [1.54, 1.807) is 75.4 Å². The van der Waals surface area contributed by atoms with Crippen molar-refractivity contribution < 1.29 is 23.9 Å². The Hall–Kier alpha value is -4.60. The minimum Gasteiger partial charge on any atom is -0.386 e. The molecule has 1 aliphatic heterocycles. The van der Waals surface area contributed by atoms with E-state index in [2.05, 4.69) is 9.98 Å². The second-order valence-electron chi connectivity index (χ2n) is 10.6. The van der Waals surface area contributed by atoms with Gasteiger partial charge in [0.15, 0.2) is 0 Å². The number of fused-ring (bicyclic) bond motifs is 4. The number of hydrogen-bond acceptors (Lipinski definition) is 4. The van der Waals surface area contributed by atoms with Crippen molar-refractivity contribution in [3.05, 3.63) is 88.2 Å². The van der Waals surface area contributed by atoms with Gasteiger partial charge in [0.1, 0.15) is 11.7 Å². The molecule has 2 heterocycles. The summed E-state index contributed by atoms with van der Waals surface area (Å²) in [4.78, 5) is 47.2. The van der Waals surface area contributed by atoms with E-state index in [0.29, 0.717) is 38.5 Å². The molecule has 1 aromatic heterocycles. The first-order valence-corrected chi connectivity index (χ1v) is 13.2. The maximum Gasteiger partial charge on any atom is 0.355 e. The zero-order valence-electron chi connectivity index (χ0n) is 22.3. The molecule has 4 amide bonds. The molecule has 1 unspecified atom stereocenters. The Morgan fingerprint density at radius 3 is 2.66 bits per heavy atom. The fourth-order valence-corrected chi connectivity index (χ4v) is 5.76. The fraction of sp³-hybridized carbons (Fsp3) is 0.161. The average Bonchev–Trinajstić information content (AvgIpc) is 3.28. The Labute approximate surface area is 238 Å². The molecule has 0 bridgehead atoms. The zero-order valence-corrected chi connectivity index (χ0v) is 23.0. The smallest absolute Gasteiger partial charge is 0.355 e. The molecular formula is C31H24ClFN4O4. The number of nitrogens with zero attached hydrogens (tertiary/aromatic N) is 2. The van der Waals surface area contributed by atoms with Crippen LogP contribution in [0.15, 0.2) is 70.7 Å². The molecule has 0 radical (unpaired) electrons. The first-order valence-electron chi connectivity index (χ1n) is 12.8. The summed E-state index contributed by atoms with van der Waals surface area (Å²) >= 11 is 6.20. The number of aromatic nitrogens is 1. The topological polar surface area (TPSA) is 129 Å². The minimum absolute atomic E-state index is 0.0339. The van der Waals surface area contributed by atoms with Crippen molar-refractivity contribution in [1.29, 1.82) is 0 Å². The zero-order chi connectivity index (χ0) is 29.4. The van der Waals surface area contributed by atoms with Crippen molar-refractivity contribution in [3.63, 3.8) is 0 Å². The van der Waals surface area contributed by atoms with Gasteiger partial charge in [-0.15, -0.1) is 0 Å². The Morgan fingerprint density at radius 2 is 1.95 bits per heavy atom. The van der Waals surface area contributed by atoms with Gasteiger partial charge in [-0.25, -0.2) is 14.1 Å². The van der Waals surface area contributed by atoms with Gasteiger partial charge in [0, 0.05) is 21.9 Å². The van der Waals surface area contributed by atoms with Gasteiger partial charge in [0.25, 0.3) is 5.91 Å². The van der Waals surface area contributed by atoms with Crippen molar-refractivity contribution in [2.24, 2.45) is 16.6 Å². The normalized spacial score (nSPS) is 17.2. The first-order chi connectivity index (χ1) is 19.4. The number of carbonyl (C=O) groups is 3. The van der Waals surface area contributed by atoms with Crippen LogP contribution in [0, 0.1) is 18.7 Å². The highest BCUT2D eigenvalue weighted by molar-refractivity contribution is 6.48. The van der Waals surface area contributed by atoms with Crippen LogP contribution in [0.3, 0.4) is 0 Å². The molecule has 0 saturated carbocycles. The molecule has 41 heavy (non-hydrogen) atoms. The van der Waals surface area contributed by atoms with Crippen LogP contribution in [0.5, 0.6) is 0 Å². The molecular weight excluding hydrogens is 547 g/mol. The summed E-state index contributed by atoms with van der Waals surface area (Å²) in [6.07, 6.45) is 4.81. The van der Waals surface area contributed by atoms with Gasteiger partial charge in [-0.3, -0.25) is 9.59 Å². The lowest BCUT2D eigenvalue weighted by Gasteiger charge is -2.30. The third kappa shape index (κ3) is 4.08. The molecule has 2 aliphatic rings. The number of hydrogen-bond donors (Lipinski definition) is 3. The van der Waals surface area contributed by atoms with Crippen molar-refractivity contribution >= 4 is 62.7 Å². The Morgan fingerprint density at radius 1 is 1.20 bits per heavy atom. The predicted octanol–water partition coefficient (Wildman–Crippen LogP) is 5.98. The van der Waals surface area contributed by atoms with Crippen molar-refractivity contribution in [2.45, 2.75) is 26.4 Å². The van der Waals surface area contributed by atoms with Gasteiger partial charge >= 0.3 is 6.03 Å². The number of allylic oxidation sites excluding steroid dienone is 3. The largest absolute Gasteiger partial charge is 0.386 e. The van der Waals surface area contributed by atoms with Gasteiger partial charge in [0.05, 0.1) is 33.1 Å². The number of nitrogens with one attached hydrogen (secondary N) is 1. The summed E-state index contributed by atoms with van der Waals surface area (Å²) in [5.74, 6) is -2.87. The lowest BCUT2D eigenvalue weighted by atomic mass is 9.90. The van der Waals surface area contributed by atoms with E-state index in [9.17, 15) is 19.5 Å². The van der Waals surface area contributed by atoms with Gasteiger partial charge < -0.3 is 15.8 Å². The molecule has 0 saturated heterocycles. The molecule has 8 nitrogen and oxygen atoms in total.